The Bertz CT molecular complexity index is 700. The summed E-state index contributed by atoms with van der Waals surface area (Å²) in [6.45, 7) is 1.93. The molecule has 0 N–H and O–H groups in total. The fourth-order valence-electron chi connectivity index (χ4n) is 2.81. The summed E-state index contributed by atoms with van der Waals surface area (Å²) in [6.07, 6.45) is 0.604. The predicted molar refractivity (Wildman–Crippen MR) is 90.2 cm³/mol. The van der Waals surface area contributed by atoms with Crippen LogP contribution in [0.2, 0.25) is 5.02 Å². The van der Waals surface area contributed by atoms with Crippen molar-refractivity contribution < 1.29 is 18.7 Å². The number of halogens is 1. The monoisotopic (exact) mass is 349 g/mol. The van der Waals surface area contributed by atoms with Crippen LogP contribution in [0.1, 0.15) is 21.9 Å². The molecule has 0 bridgehead atoms. The molecule has 1 fully saturated rings. The van der Waals surface area contributed by atoms with Crippen LogP contribution in [-0.2, 0) is 22.5 Å². The van der Waals surface area contributed by atoms with E-state index in [1.54, 1.807) is 24.1 Å². The van der Waals surface area contributed by atoms with Gasteiger partial charge in [-0.05, 0) is 23.8 Å². The van der Waals surface area contributed by atoms with Crippen molar-refractivity contribution >= 4 is 17.5 Å². The highest BCUT2D eigenvalue weighted by Gasteiger charge is 2.27. The Labute approximate surface area is 146 Å². The molecule has 0 spiro atoms. The largest absolute Gasteiger partial charge is 0.453 e. The van der Waals surface area contributed by atoms with E-state index in [0.29, 0.717) is 44.2 Å². The van der Waals surface area contributed by atoms with Crippen LogP contribution in [-0.4, -0.2) is 43.7 Å². The number of hydrogen-bond donors (Lipinski definition) is 0. The molecule has 1 aliphatic heterocycles. The predicted octanol–water partition coefficient (Wildman–Crippen LogP) is 3.16. The van der Waals surface area contributed by atoms with Crippen LogP contribution in [0.25, 0.3) is 0 Å². The number of methoxy groups -OCH3 is 1. The van der Waals surface area contributed by atoms with E-state index in [4.69, 9.17) is 25.5 Å². The van der Waals surface area contributed by atoms with Crippen LogP contribution in [0, 0.1) is 0 Å². The third-order valence-corrected chi connectivity index (χ3v) is 4.36. The van der Waals surface area contributed by atoms with Gasteiger partial charge in [0.15, 0.2) is 5.76 Å². The molecule has 5 nitrogen and oxygen atoms in total. The number of hydrogen-bond acceptors (Lipinski definition) is 4. The van der Waals surface area contributed by atoms with E-state index in [9.17, 15) is 4.79 Å². The van der Waals surface area contributed by atoms with Crippen molar-refractivity contribution in [2.75, 3.05) is 26.8 Å². The van der Waals surface area contributed by atoms with Crippen LogP contribution in [0.15, 0.2) is 40.8 Å². The standard InChI is InChI=1S/C18H20ClNO4/c1-22-12-14-6-7-17(24-14)18(21)20-8-9-23-15(11-20)10-13-4-2-3-5-16(13)19/h2-7,15H,8-12H2,1H3/t15-/m0/s1. The summed E-state index contributed by atoms with van der Waals surface area (Å²) in [6, 6.07) is 11.2. The van der Waals surface area contributed by atoms with Gasteiger partial charge >= 0.3 is 0 Å². The Morgan fingerprint density at radius 2 is 2.17 bits per heavy atom. The van der Waals surface area contributed by atoms with Gasteiger partial charge in [0.1, 0.15) is 12.4 Å². The average molecular weight is 350 g/mol. The molecule has 24 heavy (non-hydrogen) atoms. The highest BCUT2D eigenvalue weighted by Crippen LogP contribution is 2.20. The molecule has 1 amide bonds. The molecule has 128 valence electrons. The van der Waals surface area contributed by atoms with Gasteiger partial charge in [-0.25, -0.2) is 0 Å². The van der Waals surface area contributed by atoms with E-state index in [1.165, 1.54) is 0 Å². The maximum Gasteiger partial charge on any atom is 0.289 e. The van der Waals surface area contributed by atoms with Crippen molar-refractivity contribution in [2.24, 2.45) is 0 Å². The van der Waals surface area contributed by atoms with E-state index in [2.05, 4.69) is 0 Å². The lowest BCUT2D eigenvalue weighted by Gasteiger charge is -2.32. The average Bonchev–Trinajstić information content (AvgIpc) is 3.06. The zero-order valence-electron chi connectivity index (χ0n) is 13.5. The number of rotatable bonds is 5. The van der Waals surface area contributed by atoms with Crippen molar-refractivity contribution in [3.05, 3.63) is 58.5 Å². The highest BCUT2D eigenvalue weighted by atomic mass is 35.5. The summed E-state index contributed by atoms with van der Waals surface area (Å²) in [5.74, 6) is 0.854. The molecule has 1 aliphatic rings. The summed E-state index contributed by atoms with van der Waals surface area (Å²) >= 11 is 6.21. The van der Waals surface area contributed by atoms with E-state index in [-0.39, 0.29) is 12.0 Å². The van der Waals surface area contributed by atoms with Gasteiger partial charge in [0, 0.05) is 31.6 Å². The lowest BCUT2D eigenvalue weighted by molar-refractivity contribution is -0.0218. The van der Waals surface area contributed by atoms with Crippen LogP contribution < -0.4 is 0 Å². The Kier molecular flexibility index (Phi) is 5.56. The number of ether oxygens (including phenoxy) is 2. The zero-order chi connectivity index (χ0) is 16.9. The van der Waals surface area contributed by atoms with E-state index in [0.717, 1.165) is 10.6 Å². The summed E-state index contributed by atoms with van der Waals surface area (Å²) in [5.41, 5.74) is 1.03. The Morgan fingerprint density at radius 1 is 1.33 bits per heavy atom. The summed E-state index contributed by atoms with van der Waals surface area (Å²) in [7, 11) is 1.59. The molecular weight excluding hydrogens is 330 g/mol. The fourth-order valence-corrected chi connectivity index (χ4v) is 3.02. The minimum atomic E-state index is -0.121. The summed E-state index contributed by atoms with van der Waals surface area (Å²) in [4.78, 5) is 14.4. The number of carbonyl (C=O) groups is 1. The van der Waals surface area contributed by atoms with Crippen molar-refractivity contribution in [1.29, 1.82) is 0 Å². The van der Waals surface area contributed by atoms with Crippen molar-refractivity contribution in [3.63, 3.8) is 0 Å². The van der Waals surface area contributed by atoms with Gasteiger partial charge < -0.3 is 18.8 Å². The van der Waals surface area contributed by atoms with Gasteiger partial charge in [0.25, 0.3) is 5.91 Å². The Hall–Kier alpha value is -1.82. The van der Waals surface area contributed by atoms with E-state index < -0.39 is 0 Å². The smallest absolute Gasteiger partial charge is 0.289 e. The number of amides is 1. The van der Waals surface area contributed by atoms with Gasteiger partial charge in [0.2, 0.25) is 0 Å². The molecule has 2 aromatic rings. The Morgan fingerprint density at radius 3 is 2.96 bits per heavy atom. The molecule has 0 unspecified atom stereocenters. The summed E-state index contributed by atoms with van der Waals surface area (Å²) < 4.78 is 16.3. The second kappa shape index (κ2) is 7.83. The molecule has 1 atom stereocenters. The maximum atomic E-state index is 12.6. The normalized spacial score (nSPS) is 17.9. The van der Waals surface area contributed by atoms with Crippen LogP contribution in [0.5, 0.6) is 0 Å². The first-order valence-corrected chi connectivity index (χ1v) is 8.27. The molecule has 3 rings (SSSR count). The number of morpholine rings is 1. The molecule has 1 aromatic carbocycles. The molecule has 0 aliphatic carbocycles. The maximum absolute atomic E-state index is 12.6. The minimum Gasteiger partial charge on any atom is -0.453 e. The molecule has 2 heterocycles. The highest BCUT2D eigenvalue weighted by molar-refractivity contribution is 6.31. The molecule has 1 saturated heterocycles. The number of carbonyl (C=O) groups excluding carboxylic acids is 1. The van der Waals surface area contributed by atoms with Crippen molar-refractivity contribution in [1.82, 2.24) is 4.90 Å². The first-order chi connectivity index (χ1) is 11.7. The number of furan rings is 1. The minimum absolute atomic E-state index is 0.0731. The molecule has 6 heteroatoms. The first-order valence-electron chi connectivity index (χ1n) is 7.89. The van der Waals surface area contributed by atoms with Gasteiger partial charge in [-0.2, -0.15) is 0 Å². The first kappa shape index (κ1) is 17.0. The fraction of sp³-hybridized carbons (Fsp3) is 0.389. The quantitative estimate of drug-likeness (QED) is 0.832. The third kappa shape index (κ3) is 3.98. The lowest BCUT2D eigenvalue weighted by Crippen LogP contribution is -2.46. The molecule has 1 aromatic heterocycles. The van der Waals surface area contributed by atoms with Gasteiger partial charge in [0.05, 0.1) is 12.7 Å². The SMILES string of the molecule is COCc1ccc(C(=O)N2CCO[C@@H](Cc3ccccc3Cl)C2)o1. The second-order valence-electron chi connectivity index (χ2n) is 5.74. The van der Waals surface area contributed by atoms with Crippen LogP contribution in [0.4, 0.5) is 0 Å². The second-order valence-corrected chi connectivity index (χ2v) is 6.15. The third-order valence-electron chi connectivity index (χ3n) is 3.99. The van der Waals surface area contributed by atoms with Crippen LogP contribution in [0.3, 0.4) is 0 Å². The van der Waals surface area contributed by atoms with E-state index in [1.807, 2.05) is 24.3 Å². The van der Waals surface area contributed by atoms with Crippen molar-refractivity contribution in [3.8, 4) is 0 Å². The molecule has 0 radical (unpaired) electrons. The van der Waals surface area contributed by atoms with Crippen molar-refractivity contribution in [2.45, 2.75) is 19.1 Å². The zero-order valence-corrected chi connectivity index (χ0v) is 14.3. The number of nitrogens with zero attached hydrogens (tertiary/aromatic N) is 1. The van der Waals surface area contributed by atoms with E-state index >= 15 is 0 Å². The van der Waals surface area contributed by atoms with Gasteiger partial charge in [-0.3, -0.25) is 4.79 Å². The topological polar surface area (TPSA) is 51.9 Å². The van der Waals surface area contributed by atoms with Crippen LogP contribution >= 0.6 is 11.6 Å². The summed E-state index contributed by atoms with van der Waals surface area (Å²) in [5, 5.41) is 0.722. The van der Waals surface area contributed by atoms with Gasteiger partial charge in [-0.15, -0.1) is 0 Å². The Balaban J connectivity index is 1.64. The number of benzene rings is 1. The lowest BCUT2D eigenvalue weighted by atomic mass is 10.1. The van der Waals surface area contributed by atoms with Gasteiger partial charge in [-0.1, -0.05) is 29.8 Å². The molecular formula is C18H20ClNO4. The molecule has 0 saturated carbocycles.